The van der Waals surface area contributed by atoms with Crippen molar-refractivity contribution in [3.05, 3.63) is 28.6 Å². The maximum Gasteiger partial charge on any atom is 0.169 e. The van der Waals surface area contributed by atoms with E-state index in [0.717, 1.165) is 19.1 Å². The number of carbonyl (C=O) groups is 1. The monoisotopic (exact) mass is 310 g/mol. The number of hydrogen-bond acceptors (Lipinski definition) is 3. The summed E-state index contributed by atoms with van der Waals surface area (Å²) in [5.74, 6) is 0.605. The van der Waals surface area contributed by atoms with Crippen molar-refractivity contribution < 1.29 is 9.21 Å². The lowest BCUT2D eigenvalue weighted by atomic mass is 10.2. The molecule has 0 aliphatic rings. The Hall–Kier alpha value is -1.36. The fourth-order valence-corrected chi connectivity index (χ4v) is 2.28. The molecule has 2 aromatic rings. The molecule has 5 heteroatoms. The molecule has 0 saturated heterocycles. The van der Waals surface area contributed by atoms with E-state index in [1.807, 2.05) is 4.68 Å². The summed E-state index contributed by atoms with van der Waals surface area (Å²) >= 11 is 3.25. The van der Waals surface area contributed by atoms with Crippen molar-refractivity contribution in [2.24, 2.45) is 0 Å². The number of nitrogens with zero attached hydrogens (tertiary/aromatic N) is 2. The Morgan fingerprint density at radius 3 is 2.67 bits per heavy atom. The van der Waals surface area contributed by atoms with E-state index in [0.29, 0.717) is 27.7 Å². The molecule has 0 bridgehead atoms. The van der Waals surface area contributed by atoms with Crippen molar-refractivity contribution in [1.82, 2.24) is 9.78 Å². The first-order valence-electron chi connectivity index (χ1n) is 5.99. The second-order valence-electron chi connectivity index (χ2n) is 4.10. The number of aldehydes is 1. The maximum atomic E-state index is 11.1. The second-order valence-corrected chi connectivity index (χ2v) is 4.89. The summed E-state index contributed by atoms with van der Waals surface area (Å²) in [4.78, 5) is 11.1. The molecule has 0 amide bonds. The molecule has 0 atom stereocenters. The summed E-state index contributed by atoms with van der Waals surface area (Å²) in [6, 6.07) is 3.91. The molecule has 0 aromatic carbocycles. The predicted octanol–water partition coefficient (Wildman–Crippen LogP) is 4.08. The molecule has 2 aromatic heterocycles. The van der Waals surface area contributed by atoms with Crippen molar-refractivity contribution in [2.45, 2.75) is 32.7 Å². The van der Waals surface area contributed by atoms with Gasteiger partial charge >= 0.3 is 0 Å². The van der Waals surface area contributed by atoms with Gasteiger partial charge in [0.15, 0.2) is 16.7 Å². The zero-order valence-electron chi connectivity index (χ0n) is 10.4. The highest BCUT2D eigenvalue weighted by Gasteiger charge is 2.17. The van der Waals surface area contributed by atoms with E-state index >= 15 is 0 Å². The Labute approximate surface area is 114 Å². The van der Waals surface area contributed by atoms with E-state index in [1.165, 1.54) is 0 Å². The van der Waals surface area contributed by atoms with Gasteiger partial charge in [0.25, 0.3) is 0 Å². The summed E-state index contributed by atoms with van der Waals surface area (Å²) in [5, 5.41) is 4.48. The minimum absolute atomic E-state index is 0.316. The smallest absolute Gasteiger partial charge is 0.169 e. The van der Waals surface area contributed by atoms with Gasteiger partial charge in [-0.05, 0) is 40.9 Å². The number of hydrogen-bond donors (Lipinski definition) is 0. The summed E-state index contributed by atoms with van der Waals surface area (Å²) in [6.07, 6.45) is 4.57. The fraction of sp³-hybridized carbons (Fsp3) is 0.385. The highest BCUT2D eigenvalue weighted by Crippen LogP contribution is 2.27. The van der Waals surface area contributed by atoms with Crippen LogP contribution in [0.5, 0.6) is 0 Å². The van der Waals surface area contributed by atoms with Gasteiger partial charge in [-0.3, -0.25) is 9.48 Å². The molecule has 0 fully saturated rings. The third-order valence-electron chi connectivity index (χ3n) is 3.01. The average Bonchev–Trinajstić information content (AvgIpc) is 2.97. The summed E-state index contributed by atoms with van der Waals surface area (Å²) < 4.78 is 7.94. The van der Waals surface area contributed by atoms with Crippen LogP contribution in [0.1, 0.15) is 43.1 Å². The van der Waals surface area contributed by atoms with E-state index < -0.39 is 0 Å². The van der Waals surface area contributed by atoms with Gasteiger partial charge in [-0.25, -0.2) is 0 Å². The van der Waals surface area contributed by atoms with Gasteiger partial charge in [0.2, 0.25) is 0 Å². The molecular formula is C13H15BrN2O2. The van der Waals surface area contributed by atoms with Crippen LogP contribution in [0.3, 0.4) is 0 Å². The van der Waals surface area contributed by atoms with E-state index in [4.69, 9.17) is 4.42 Å². The first-order chi connectivity index (χ1) is 8.69. The zero-order valence-corrected chi connectivity index (χ0v) is 12.0. The average molecular weight is 311 g/mol. The Morgan fingerprint density at radius 2 is 2.17 bits per heavy atom. The van der Waals surface area contributed by atoms with Crippen LogP contribution in [0.25, 0.3) is 11.5 Å². The molecule has 2 heterocycles. The Balaban J connectivity index is 2.44. The van der Waals surface area contributed by atoms with Gasteiger partial charge in [-0.1, -0.05) is 13.8 Å². The summed E-state index contributed by atoms with van der Waals surface area (Å²) in [5.41, 5.74) is 1.16. The van der Waals surface area contributed by atoms with Gasteiger partial charge in [0, 0.05) is 6.20 Å². The Bertz CT molecular complexity index is 541. The SMILES string of the molecule is CCC(CC)n1cc(C=O)c(-c2ccc(Br)o2)n1. The topological polar surface area (TPSA) is 48.0 Å². The molecule has 0 unspecified atom stereocenters. The van der Waals surface area contributed by atoms with Crippen LogP contribution < -0.4 is 0 Å². The number of rotatable bonds is 5. The summed E-state index contributed by atoms with van der Waals surface area (Å²) in [7, 11) is 0. The lowest BCUT2D eigenvalue weighted by Crippen LogP contribution is -2.07. The molecule has 0 aliphatic heterocycles. The standard InChI is InChI=1S/C13H15BrN2O2/c1-3-10(4-2)16-7-9(8-17)13(15-16)11-5-6-12(14)18-11/h5-8,10H,3-4H2,1-2H3. The molecule has 18 heavy (non-hydrogen) atoms. The molecule has 96 valence electrons. The van der Waals surface area contributed by atoms with Crippen molar-refractivity contribution in [3.8, 4) is 11.5 Å². The minimum Gasteiger partial charge on any atom is -0.448 e. The number of furan rings is 1. The van der Waals surface area contributed by atoms with E-state index in [-0.39, 0.29) is 0 Å². The van der Waals surface area contributed by atoms with Gasteiger partial charge in [0.1, 0.15) is 5.69 Å². The van der Waals surface area contributed by atoms with Gasteiger partial charge in [-0.15, -0.1) is 0 Å². The van der Waals surface area contributed by atoms with Crippen molar-refractivity contribution in [1.29, 1.82) is 0 Å². The molecule has 0 N–H and O–H groups in total. The summed E-state index contributed by atoms with van der Waals surface area (Å²) in [6.45, 7) is 4.22. The highest BCUT2D eigenvalue weighted by atomic mass is 79.9. The Morgan fingerprint density at radius 1 is 1.44 bits per heavy atom. The van der Waals surface area contributed by atoms with Crippen LogP contribution in [0.2, 0.25) is 0 Å². The van der Waals surface area contributed by atoms with Crippen LogP contribution >= 0.6 is 15.9 Å². The lowest BCUT2D eigenvalue weighted by molar-refractivity contribution is 0.112. The van der Waals surface area contributed by atoms with Gasteiger partial charge in [0.05, 0.1) is 11.6 Å². The van der Waals surface area contributed by atoms with Crippen LogP contribution in [0.4, 0.5) is 0 Å². The second kappa shape index (κ2) is 5.52. The highest BCUT2D eigenvalue weighted by molar-refractivity contribution is 9.10. The molecule has 0 radical (unpaired) electrons. The van der Waals surface area contributed by atoms with Crippen molar-refractivity contribution in [3.63, 3.8) is 0 Å². The molecular weight excluding hydrogens is 296 g/mol. The number of carbonyl (C=O) groups excluding carboxylic acids is 1. The first kappa shape index (κ1) is 13.1. The van der Waals surface area contributed by atoms with Crippen LogP contribution in [-0.4, -0.2) is 16.1 Å². The first-order valence-corrected chi connectivity index (χ1v) is 6.78. The minimum atomic E-state index is 0.316. The lowest BCUT2D eigenvalue weighted by Gasteiger charge is -2.12. The third kappa shape index (κ3) is 2.41. The van der Waals surface area contributed by atoms with Gasteiger partial charge in [-0.2, -0.15) is 5.10 Å². The quantitative estimate of drug-likeness (QED) is 0.782. The molecule has 0 aliphatic carbocycles. The third-order valence-corrected chi connectivity index (χ3v) is 3.44. The fourth-order valence-electron chi connectivity index (χ4n) is 1.97. The van der Waals surface area contributed by atoms with Gasteiger partial charge < -0.3 is 4.42 Å². The van der Waals surface area contributed by atoms with E-state index in [2.05, 4.69) is 34.9 Å². The predicted molar refractivity (Wildman–Crippen MR) is 72.6 cm³/mol. The van der Waals surface area contributed by atoms with Crippen LogP contribution in [0, 0.1) is 0 Å². The van der Waals surface area contributed by atoms with Crippen molar-refractivity contribution in [2.75, 3.05) is 0 Å². The molecule has 0 saturated carbocycles. The molecule has 0 spiro atoms. The normalized spacial score (nSPS) is 11.1. The zero-order chi connectivity index (χ0) is 13.1. The molecule has 4 nitrogen and oxygen atoms in total. The number of aromatic nitrogens is 2. The van der Waals surface area contributed by atoms with E-state index in [9.17, 15) is 4.79 Å². The van der Waals surface area contributed by atoms with Crippen LogP contribution in [0.15, 0.2) is 27.4 Å². The maximum absolute atomic E-state index is 11.1. The van der Waals surface area contributed by atoms with Crippen molar-refractivity contribution >= 4 is 22.2 Å². The van der Waals surface area contributed by atoms with Crippen LogP contribution in [-0.2, 0) is 0 Å². The molecule has 2 rings (SSSR count). The largest absolute Gasteiger partial charge is 0.448 e. The Kier molecular flexibility index (Phi) is 4.01. The van der Waals surface area contributed by atoms with E-state index in [1.54, 1.807) is 18.3 Å². The number of halogens is 1.